The fourth-order valence-corrected chi connectivity index (χ4v) is 2.98. The lowest BCUT2D eigenvalue weighted by Gasteiger charge is -2.09. The average molecular weight is 344 g/mol. The van der Waals surface area contributed by atoms with Gasteiger partial charge >= 0.3 is 6.61 Å². The van der Waals surface area contributed by atoms with Gasteiger partial charge in [-0.05, 0) is 30.3 Å². The van der Waals surface area contributed by atoms with Crippen LogP contribution in [0.5, 0.6) is 5.75 Å². The van der Waals surface area contributed by atoms with Crippen LogP contribution in [0, 0.1) is 10.1 Å². The van der Waals surface area contributed by atoms with Crippen molar-refractivity contribution in [2.75, 3.05) is 4.72 Å². The van der Waals surface area contributed by atoms with Gasteiger partial charge in [-0.15, -0.1) is 0 Å². The monoisotopic (exact) mass is 344 g/mol. The van der Waals surface area contributed by atoms with Crippen molar-refractivity contribution in [3.63, 3.8) is 0 Å². The third-order valence-electron chi connectivity index (χ3n) is 2.68. The summed E-state index contributed by atoms with van der Waals surface area (Å²) >= 11 is 0. The van der Waals surface area contributed by atoms with E-state index in [1.807, 2.05) is 0 Å². The molecule has 2 rings (SSSR count). The van der Waals surface area contributed by atoms with Gasteiger partial charge in [0.2, 0.25) is 0 Å². The first kappa shape index (κ1) is 16.6. The maximum atomic E-state index is 12.2. The molecule has 0 bridgehead atoms. The van der Waals surface area contributed by atoms with E-state index in [0.29, 0.717) is 0 Å². The lowest BCUT2D eigenvalue weighted by molar-refractivity contribution is -0.387. The van der Waals surface area contributed by atoms with E-state index in [-0.39, 0.29) is 11.4 Å². The number of nitro benzene ring substituents is 1. The maximum absolute atomic E-state index is 12.2. The molecule has 0 aliphatic heterocycles. The summed E-state index contributed by atoms with van der Waals surface area (Å²) in [5.41, 5.74) is -0.526. The number of nitrogens with one attached hydrogen (secondary N) is 1. The molecule has 0 aliphatic carbocycles. The number of benzene rings is 2. The van der Waals surface area contributed by atoms with Crippen LogP contribution in [-0.4, -0.2) is 20.0 Å². The summed E-state index contributed by atoms with van der Waals surface area (Å²) in [5, 5.41) is 10.9. The Morgan fingerprint density at radius 2 is 1.70 bits per heavy atom. The predicted molar refractivity (Wildman–Crippen MR) is 77.0 cm³/mol. The third-order valence-corrected chi connectivity index (χ3v) is 4.11. The van der Waals surface area contributed by atoms with Gasteiger partial charge in [0.05, 0.1) is 4.92 Å². The Kier molecular flexibility index (Phi) is 4.74. The number of nitro groups is 1. The SMILES string of the molecule is O=[N+]([O-])c1ccccc1S(=O)(=O)Nc1ccc(OC(F)F)cc1. The van der Waals surface area contributed by atoms with Crippen LogP contribution in [0.4, 0.5) is 20.2 Å². The number of hydrogen-bond acceptors (Lipinski definition) is 5. The Morgan fingerprint density at radius 1 is 1.09 bits per heavy atom. The van der Waals surface area contributed by atoms with Gasteiger partial charge < -0.3 is 4.74 Å². The number of alkyl halides is 2. The molecular formula is C13H10F2N2O5S. The van der Waals surface area contributed by atoms with Crippen molar-refractivity contribution >= 4 is 21.4 Å². The number of nitrogens with zero attached hydrogens (tertiary/aromatic N) is 1. The topological polar surface area (TPSA) is 98.5 Å². The molecule has 0 aromatic heterocycles. The molecule has 0 radical (unpaired) electrons. The standard InChI is InChI=1S/C13H10F2N2O5S/c14-13(15)22-10-7-5-9(6-8-10)16-23(20,21)12-4-2-1-3-11(12)17(18)19/h1-8,13,16H. The Balaban J connectivity index is 2.27. The predicted octanol–water partition coefficient (Wildman–Crippen LogP) is 3.00. The number of anilines is 1. The first-order chi connectivity index (χ1) is 10.8. The summed E-state index contributed by atoms with van der Waals surface area (Å²) in [6.45, 7) is -3.00. The molecule has 10 heteroatoms. The molecule has 2 aromatic rings. The van der Waals surface area contributed by atoms with Gasteiger partial charge in [0, 0.05) is 11.8 Å². The number of para-hydroxylation sites is 1. The van der Waals surface area contributed by atoms with Crippen LogP contribution in [0.1, 0.15) is 0 Å². The number of sulfonamides is 1. The second-order valence-electron chi connectivity index (χ2n) is 4.23. The first-order valence-corrected chi connectivity index (χ1v) is 7.59. The molecular weight excluding hydrogens is 334 g/mol. The molecule has 0 heterocycles. The fourth-order valence-electron chi connectivity index (χ4n) is 1.75. The summed E-state index contributed by atoms with van der Waals surface area (Å²) in [6, 6.07) is 9.53. The molecule has 0 aliphatic rings. The zero-order chi connectivity index (χ0) is 17.0. The van der Waals surface area contributed by atoms with Crippen LogP contribution in [0.25, 0.3) is 0 Å². The number of halogens is 2. The molecule has 0 saturated carbocycles. The fraction of sp³-hybridized carbons (Fsp3) is 0.0769. The van der Waals surface area contributed by atoms with E-state index in [1.54, 1.807) is 0 Å². The van der Waals surface area contributed by atoms with Crippen molar-refractivity contribution in [1.29, 1.82) is 0 Å². The minimum absolute atomic E-state index is 0.0461. The summed E-state index contributed by atoms with van der Waals surface area (Å²) in [4.78, 5) is 9.58. The number of ether oxygens (including phenoxy) is 1. The highest BCUT2D eigenvalue weighted by Crippen LogP contribution is 2.26. The molecule has 0 fully saturated rings. The van der Waals surface area contributed by atoms with Gasteiger partial charge in [-0.25, -0.2) is 8.42 Å². The zero-order valence-electron chi connectivity index (χ0n) is 11.3. The normalized spacial score (nSPS) is 11.3. The van der Waals surface area contributed by atoms with E-state index in [0.717, 1.165) is 24.3 Å². The van der Waals surface area contributed by atoms with Crippen molar-refractivity contribution in [2.24, 2.45) is 0 Å². The van der Waals surface area contributed by atoms with Crippen molar-refractivity contribution in [2.45, 2.75) is 11.5 Å². The lowest BCUT2D eigenvalue weighted by atomic mass is 10.3. The molecule has 122 valence electrons. The van der Waals surface area contributed by atoms with Gasteiger partial charge in [0.25, 0.3) is 15.7 Å². The van der Waals surface area contributed by atoms with E-state index in [2.05, 4.69) is 9.46 Å². The van der Waals surface area contributed by atoms with Crippen molar-refractivity contribution in [1.82, 2.24) is 0 Å². The molecule has 1 N–H and O–H groups in total. The minimum Gasteiger partial charge on any atom is -0.435 e. The third kappa shape index (κ3) is 4.13. The van der Waals surface area contributed by atoms with Crippen molar-refractivity contribution < 1.29 is 26.9 Å². The van der Waals surface area contributed by atoms with Crippen LogP contribution in [0.2, 0.25) is 0 Å². The second kappa shape index (κ2) is 6.57. The van der Waals surface area contributed by atoms with E-state index >= 15 is 0 Å². The van der Waals surface area contributed by atoms with Gasteiger partial charge in [0.15, 0.2) is 4.90 Å². The molecule has 7 nitrogen and oxygen atoms in total. The summed E-state index contributed by atoms with van der Waals surface area (Å²) in [6.07, 6.45) is 0. The average Bonchev–Trinajstić information content (AvgIpc) is 2.48. The van der Waals surface area contributed by atoms with Crippen LogP contribution < -0.4 is 9.46 Å². The first-order valence-electron chi connectivity index (χ1n) is 6.11. The highest BCUT2D eigenvalue weighted by atomic mass is 32.2. The van der Waals surface area contributed by atoms with Gasteiger partial charge in [-0.2, -0.15) is 8.78 Å². The zero-order valence-corrected chi connectivity index (χ0v) is 12.2. The van der Waals surface area contributed by atoms with Crippen LogP contribution >= 0.6 is 0 Å². The minimum atomic E-state index is -4.21. The van der Waals surface area contributed by atoms with Gasteiger partial charge in [-0.1, -0.05) is 12.1 Å². The largest absolute Gasteiger partial charge is 0.435 e. The smallest absolute Gasteiger partial charge is 0.387 e. The molecule has 0 spiro atoms. The van der Waals surface area contributed by atoms with Crippen LogP contribution in [-0.2, 0) is 10.0 Å². The molecule has 0 amide bonds. The van der Waals surface area contributed by atoms with Gasteiger partial charge in [0.1, 0.15) is 5.75 Å². The van der Waals surface area contributed by atoms with Crippen LogP contribution in [0.3, 0.4) is 0 Å². The molecule has 2 aromatic carbocycles. The van der Waals surface area contributed by atoms with Crippen molar-refractivity contribution in [3.8, 4) is 5.75 Å². The van der Waals surface area contributed by atoms with Crippen molar-refractivity contribution in [3.05, 3.63) is 58.6 Å². The Morgan fingerprint density at radius 3 is 2.26 bits per heavy atom. The Hall–Kier alpha value is -2.75. The highest BCUT2D eigenvalue weighted by molar-refractivity contribution is 7.92. The van der Waals surface area contributed by atoms with E-state index in [4.69, 9.17) is 0 Å². The molecule has 23 heavy (non-hydrogen) atoms. The number of rotatable bonds is 6. The summed E-state index contributed by atoms with van der Waals surface area (Å²) in [7, 11) is -4.21. The summed E-state index contributed by atoms with van der Waals surface area (Å²) < 4.78 is 54.8. The molecule has 0 atom stereocenters. The van der Waals surface area contributed by atoms with Gasteiger partial charge in [-0.3, -0.25) is 14.8 Å². The molecule has 0 unspecified atom stereocenters. The highest BCUT2D eigenvalue weighted by Gasteiger charge is 2.25. The van der Waals surface area contributed by atoms with E-state index in [9.17, 15) is 27.3 Å². The van der Waals surface area contributed by atoms with E-state index in [1.165, 1.54) is 24.3 Å². The lowest BCUT2D eigenvalue weighted by Crippen LogP contribution is -2.14. The van der Waals surface area contributed by atoms with E-state index < -0.39 is 32.1 Å². The second-order valence-corrected chi connectivity index (χ2v) is 5.88. The quantitative estimate of drug-likeness (QED) is 0.641. The Bertz CT molecular complexity index is 809. The maximum Gasteiger partial charge on any atom is 0.387 e. The number of hydrogen-bond donors (Lipinski definition) is 1. The van der Waals surface area contributed by atoms with Crippen LogP contribution in [0.15, 0.2) is 53.4 Å². The molecule has 0 saturated heterocycles. The Labute approximate surface area is 129 Å². The summed E-state index contributed by atoms with van der Waals surface area (Å²) in [5.74, 6) is -0.145.